The second-order valence-electron chi connectivity index (χ2n) is 5.93. The molecule has 0 fully saturated rings. The Morgan fingerprint density at radius 3 is 2.23 bits per heavy atom. The van der Waals surface area contributed by atoms with Crippen molar-refractivity contribution in [3.8, 4) is 0 Å². The van der Waals surface area contributed by atoms with Crippen LogP contribution in [-0.4, -0.2) is 6.54 Å². The Labute approximate surface area is 132 Å². The molecule has 2 N–H and O–H groups in total. The minimum Gasteiger partial charge on any atom is -0.329 e. The van der Waals surface area contributed by atoms with Crippen molar-refractivity contribution in [1.29, 1.82) is 0 Å². The summed E-state index contributed by atoms with van der Waals surface area (Å²) in [6.45, 7) is 2.86. The van der Waals surface area contributed by atoms with Crippen LogP contribution >= 0.6 is 0 Å². The second kappa shape index (κ2) is 6.33. The van der Waals surface area contributed by atoms with Gasteiger partial charge in [0.2, 0.25) is 0 Å². The zero-order chi connectivity index (χ0) is 15.4. The lowest BCUT2D eigenvalue weighted by molar-refractivity contribution is 0.480. The molecule has 22 heavy (non-hydrogen) atoms. The van der Waals surface area contributed by atoms with Gasteiger partial charge in [-0.25, -0.2) is 0 Å². The van der Waals surface area contributed by atoms with Crippen molar-refractivity contribution in [2.45, 2.75) is 25.2 Å². The van der Waals surface area contributed by atoms with Gasteiger partial charge < -0.3 is 5.73 Å². The summed E-state index contributed by atoms with van der Waals surface area (Å²) in [7, 11) is 0. The lowest BCUT2D eigenvalue weighted by Gasteiger charge is -2.35. The van der Waals surface area contributed by atoms with Crippen LogP contribution in [0.25, 0.3) is 10.8 Å². The Morgan fingerprint density at radius 1 is 0.818 bits per heavy atom. The Balaban J connectivity index is 2.29. The molecule has 0 aliphatic heterocycles. The fourth-order valence-electron chi connectivity index (χ4n) is 3.59. The molecule has 3 aromatic rings. The van der Waals surface area contributed by atoms with Crippen molar-refractivity contribution in [3.05, 3.63) is 83.9 Å². The molecular weight excluding hydrogens is 266 g/mol. The summed E-state index contributed by atoms with van der Waals surface area (Å²) < 4.78 is 0. The molecule has 1 atom stereocenters. The largest absolute Gasteiger partial charge is 0.329 e. The summed E-state index contributed by atoms with van der Waals surface area (Å²) >= 11 is 0. The Kier molecular flexibility index (Phi) is 4.26. The van der Waals surface area contributed by atoms with Gasteiger partial charge in [-0.3, -0.25) is 0 Å². The number of rotatable bonds is 5. The van der Waals surface area contributed by atoms with E-state index in [4.69, 9.17) is 5.73 Å². The molecule has 0 saturated heterocycles. The molecular formula is C21H23N. The van der Waals surface area contributed by atoms with Gasteiger partial charge in [0.25, 0.3) is 0 Å². The highest BCUT2D eigenvalue weighted by Gasteiger charge is 2.33. The molecule has 0 aliphatic rings. The van der Waals surface area contributed by atoms with E-state index in [2.05, 4.69) is 79.7 Å². The van der Waals surface area contributed by atoms with Crippen LogP contribution in [0.1, 0.15) is 30.9 Å². The average molecular weight is 289 g/mol. The molecule has 1 heteroatoms. The Morgan fingerprint density at radius 2 is 1.50 bits per heavy atom. The molecule has 112 valence electrons. The maximum Gasteiger partial charge on any atom is 0.0331 e. The van der Waals surface area contributed by atoms with E-state index in [-0.39, 0.29) is 5.41 Å². The maximum atomic E-state index is 6.35. The van der Waals surface area contributed by atoms with Crippen LogP contribution in [0.3, 0.4) is 0 Å². The number of benzene rings is 3. The van der Waals surface area contributed by atoms with Crippen molar-refractivity contribution in [2.24, 2.45) is 5.73 Å². The first-order valence-electron chi connectivity index (χ1n) is 8.05. The fraction of sp³-hybridized carbons (Fsp3) is 0.238. The van der Waals surface area contributed by atoms with Crippen molar-refractivity contribution in [3.63, 3.8) is 0 Å². The molecule has 0 aliphatic carbocycles. The zero-order valence-corrected chi connectivity index (χ0v) is 13.1. The third-order valence-electron chi connectivity index (χ3n) is 4.66. The van der Waals surface area contributed by atoms with E-state index in [1.807, 2.05) is 0 Å². The van der Waals surface area contributed by atoms with Crippen LogP contribution in [0.2, 0.25) is 0 Å². The highest BCUT2D eigenvalue weighted by Crippen LogP contribution is 2.39. The molecule has 0 bridgehead atoms. The lowest BCUT2D eigenvalue weighted by atomic mass is 9.70. The Hall–Kier alpha value is -2.12. The van der Waals surface area contributed by atoms with E-state index < -0.39 is 0 Å². The molecule has 0 spiro atoms. The highest BCUT2D eigenvalue weighted by atomic mass is 14.6. The normalized spacial score (nSPS) is 13.9. The summed E-state index contributed by atoms with van der Waals surface area (Å²) in [4.78, 5) is 0. The summed E-state index contributed by atoms with van der Waals surface area (Å²) in [5.41, 5.74) is 8.90. The Bertz CT molecular complexity index is 743. The van der Waals surface area contributed by atoms with Crippen molar-refractivity contribution >= 4 is 10.8 Å². The number of fused-ring (bicyclic) bond motifs is 1. The smallest absolute Gasteiger partial charge is 0.0331 e. The zero-order valence-electron chi connectivity index (χ0n) is 13.1. The average Bonchev–Trinajstić information content (AvgIpc) is 2.60. The van der Waals surface area contributed by atoms with E-state index in [0.29, 0.717) is 6.54 Å². The van der Waals surface area contributed by atoms with Crippen molar-refractivity contribution < 1.29 is 0 Å². The van der Waals surface area contributed by atoms with Gasteiger partial charge in [0.05, 0.1) is 0 Å². The van der Waals surface area contributed by atoms with Gasteiger partial charge in [0.1, 0.15) is 0 Å². The van der Waals surface area contributed by atoms with Crippen LogP contribution < -0.4 is 5.73 Å². The lowest BCUT2D eigenvalue weighted by Crippen LogP contribution is -2.36. The molecule has 0 radical (unpaired) electrons. The fourth-order valence-corrected chi connectivity index (χ4v) is 3.59. The highest BCUT2D eigenvalue weighted by molar-refractivity contribution is 5.87. The quantitative estimate of drug-likeness (QED) is 0.711. The van der Waals surface area contributed by atoms with Crippen LogP contribution in [0.4, 0.5) is 0 Å². The van der Waals surface area contributed by atoms with E-state index >= 15 is 0 Å². The van der Waals surface area contributed by atoms with Gasteiger partial charge in [0.15, 0.2) is 0 Å². The predicted molar refractivity (Wildman–Crippen MR) is 95.1 cm³/mol. The van der Waals surface area contributed by atoms with E-state index in [1.165, 1.54) is 21.9 Å². The standard InChI is InChI=1S/C21H23N/c1-2-15-21(16-22,18-11-4-3-5-12-18)20-14-8-10-17-9-6-7-13-19(17)20/h3-14H,2,15-16,22H2,1H3. The van der Waals surface area contributed by atoms with Crippen molar-refractivity contribution in [1.82, 2.24) is 0 Å². The summed E-state index contributed by atoms with van der Waals surface area (Å²) in [5.74, 6) is 0. The monoisotopic (exact) mass is 289 g/mol. The van der Waals surface area contributed by atoms with Crippen LogP contribution in [0.15, 0.2) is 72.8 Å². The summed E-state index contributed by atoms with van der Waals surface area (Å²) in [5, 5.41) is 2.60. The third-order valence-corrected chi connectivity index (χ3v) is 4.66. The number of hydrogen-bond donors (Lipinski definition) is 1. The molecule has 3 rings (SSSR count). The van der Waals surface area contributed by atoms with E-state index in [9.17, 15) is 0 Å². The first kappa shape index (κ1) is 14.8. The van der Waals surface area contributed by atoms with Gasteiger partial charge in [-0.2, -0.15) is 0 Å². The van der Waals surface area contributed by atoms with Gasteiger partial charge in [-0.15, -0.1) is 0 Å². The number of nitrogens with two attached hydrogens (primary N) is 1. The minimum atomic E-state index is -0.114. The van der Waals surface area contributed by atoms with Gasteiger partial charge in [-0.1, -0.05) is 86.1 Å². The second-order valence-corrected chi connectivity index (χ2v) is 5.93. The van der Waals surface area contributed by atoms with Gasteiger partial charge in [-0.05, 0) is 28.3 Å². The molecule has 3 aromatic carbocycles. The molecule has 0 heterocycles. The van der Waals surface area contributed by atoms with E-state index in [0.717, 1.165) is 12.8 Å². The first-order chi connectivity index (χ1) is 10.8. The van der Waals surface area contributed by atoms with Crippen LogP contribution in [-0.2, 0) is 5.41 Å². The third kappa shape index (κ3) is 2.42. The van der Waals surface area contributed by atoms with Crippen molar-refractivity contribution in [2.75, 3.05) is 6.54 Å². The minimum absolute atomic E-state index is 0.114. The molecule has 1 nitrogen and oxygen atoms in total. The predicted octanol–water partition coefficient (Wildman–Crippen LogP) is 4.88. The van der Waals surface area contributed by atoms with Crippen LogP contribution in [0.5, 0.6) is 0 Å². The molecule has 0 amide bonds. The SMILES string of the molecule is CCCC(CN)(c1ccccc1)c1cccc2ccccc12. The number of hydrogen-bond acceptors (Lipinski definition) is 1. The maximum absolute atomic E-state index is 6.35. The first-order valence-corrected chi connectivity index (χ1v) is 8.05. The molecule has 1 unspecified atom stereocenters. The topological polar surface area (TPSA) is 26.0 Å². The molecule has 0 aromatic heterocycles. The van der Waals surface area contributed by atoms with Gasteiger partial charge in [0, 0.05) is 12.0 Å². The van der Waals surface area contributed by atoms with E-state index in [1.54, 1.807) is 0 Å². The summed E-state index contributed by atoms with van der Waals surface area (Å²) in [6, 6.07) is 25.9. The van der Waals surface area contributed by atoms with Crippen LogP contribution in [0, 0.1) is 0 Å². The van der Waals surface area contributed by atoms with Gasteiger partial charge >= 0.3 is 0 Å². The summed E-state index contributed by atoms with van der Waals surface area (Å²) in [6.07, 6.45) is 2.16. The molecule has 0 saturated carbocycles.